The molecule has 0 unspecified atom stereocenters. The molecule has 3 heteroatoms. The Balaban J connectivity index is 1.47. The maximum absolute atomic E-state index is 14.4. The molecular weight excluding hydrogens is 392 g/mol. The first-order valence-corrected chi connectivity index (χ1v) is 11.2. The van der Waals surface area contributed by atoms with Gasteiger partial charge >= 0.3 is 6.03 Å². The van der Waals surface area contributed by atoms with Gasteiger partial charge in [-0.3, -0.25) is 9.80 Å². The van der Waals surface area contributed by atoms with Crippen molar-refractivity contribution in [3.05, 3.63) is 131 Å². The van der Waals surface area contributed by atoms with E-state index >= 15 is 0 Å². The number of rotatable bonds is 2. The largest absolute Gasteiger partial charge is 0.330 e. The molecule has 0 aliphatic carbocycles. The van der Waals surface area contributed by atoms with Crippen LogP contribution in [0.4, 0.5) is 16.2 Å². The average Bonchev–Trinajstić information content (AvgIpc) is 3.44. The normalized spacial score (nSPS) is 19.0. The molecule has 0 radical (unpaired) electrons. The fraction of sp³-hybridized carbons (Fsp3) is 0.138. The van der Waals surface area contributed by atoms with E-state index in [0.717, 1.165) is 24.2 Å². The van der Waals surface area contributed by atoms with E-state index in [0.29, 0.717) is 0 Å². The minimum atomic E-state index is -0.00899. The van der Waals surface area contributed by atoms with Crippen LogP contribution in [0.2, 0.25) is 0 Å². The van der Waals surface area contributed by atoms with Crippen LogP contribution in [0, 0.1) is 0 Å². The van der Waals surface area contributed by atoms with E-state index in [1.165, 1.54) is 22.3 Å². The minimum absolute atomic E-state index is 0.00899. The Kier molecular flexibility index (Phi) is 4.53. The van der Waals surface area contributed by atoms with Gasteiger partial charge in [0.05, 0.1) is 12.1 Å². The van der Waals surface area contributed by atoms with Crippen molar-refractivity contribution in [1.29, 1.82) is 0 Å². The summed E-state index contributed by atoms with van der Waals surface area (Å²) >= 11 is 0. The molecule has 3 nitrogen and oxygen atoms in total. The molecule has 0 N–H and O–H groups in total. The first-order chi connectivity index (χ1) is 15.8. The molecule has 2 amide bonds. The molecule has 0 aromatic heterocycles. The molecule has 2 aliphatic heterocycles. The minimum Gasteiger partial charge on any atom is -0.286 e. The number of hydrogen-bond donors (Lipinski definition) is 0. The first kappa shape index (κ1) is 18.9. The molecule has 0 saturated carbocycles. The summed E-state index contributed by atoms with van der Waals surface area (Å²) < 4.78 is 0. The predicted octanol–water partition coefficient (Wildman–Crippen LogP) is 6.71. The van der Waals surface area contributed by atoms with Gasteiger partial charge in [0.15, 0.2) is 0 Å². The van der Waals surface area contributed by atoms with E-state index in [-0.39, 0.29) is 18.1 Å². The number of fused-ring (bicyclic) bond motifs is 2. The highest BCUT2D eigenvalue weighted by Gasteiger charge is 2.42. The molecule has 0 saturated heterocycles. The molecule has 0 bridgehead atoms. The number of hydrogen-bond acceptors (Lipinski definition) is 1. The van der Waals surface area contributed by atoms with Crippen molar-refractivity contribution in [1.82, 2.24) is 0 Å². The monoisotopic (exact) mass is 416 g/mol. The zero-order chi connectivity index (χ0) is 21.5. The van der Waals surface area contributed by atoms with Gasteiger partial charge in [-0.15, -0.1) is 0 Å². The van der Waals surface area contributed by atoms with E-state index in [9.17, 15) is 4.79 Å². The Hall–Kier alpha value is -3.85. The highest BCUT2D eigenvalue weighted by atomic mass is 16.2. The Bertz CT molecular complexity index is 1170. The van der Waals surface area contributed by atoms with Crippen molar-refractivity contribution >= 4 is 17.4 Å². The van der Waals surface area contributed by atoms with Crippen LogP contribution in [0.25, 0.3) is 0 Å². The second-order valence-electron chi connectivity index (χ2n) is 8.54. The number of anilines is 2. The Morgan fingerprint density at radius 3 is 1.34 bits per heavy atom. The van der Waals surface area contributed by atoms with Crippen LogP contribution < -0.4 is 9.80 Å². The van der Waals surface area contributed by atoms with Crippen molar-refractivity contribution in [2.75, 3.05) is 9.80 Å². The van der Waals surface area contributed by atoms with E-state index in [2.05, 4.69) is 84.9 Å². The Labute approximate surface area is 188 Å². The highest BCUT2D eigenvalue weighted by molar-refractivity contribution is 6.07. The van der Waals surface area contributed by atoms with Crippen LogP contribution in [-0.4, -0.2) is 6.03 Å². The molecule has 2 atom stereocenters. The van der Waals surface area contributed by atoms with Crippen molar-refractivity contribution in [2.24, 2.45) is 0 Å². The van der Waals surface area contributed by atoms with Gasteiger partial charge in [0.1, 0.15) is 0 Å². The summed E-state index contributed by atoms with van der Waals surface area (Å²) in [4.78, 5) is 18.4. The molecule has 2 aliphatic rings. The summed E-state index contributed by atoms with van der Waals surface area (Å²) in [6.45, 7) is 0. The van der Waals surface area contributed by atoms with Gasteiger partial charge in [-0.05, 0) is 47.2 Å². The van der Waals surface area contributed by atoms with Crippen molar-refractivity contribution in [2.45, 2.75) is 24.9 Å². The van der Waals surface area contributed by atoms with Crippen molar-refractivity contribution in [3.63, 3.8) is 0 Å². The number of para-hydroxylation sites is 2. The highest BCUT2D eigenvalue weighted by Crippen LogP contribution is 2.46. The van der Waals surface area contributed by atoms with E-state index in [1.54, 1.807) is 0 Å². The lowest BCUT2D eigenvalue weighted by Crippen LogP contribution is -2.44. The third kappa shape index (κ3) is 3.01. The molecule has 156 valence electrons. The molecule has 0 spiro atoms. The van der Waals surface area contributed by atoms with Gasteiger partial charge < -0.3 is 0 Å². The Morgan fingerprint density at radius 1 is 0.531 bits per heavy atom. The summed E-state index contributed by atoms with van der Waals surface area (Å²) in [6.07, 6.45) is 1.66. The number of amides is 2. The van der Waals surface area contributed by atoms with E-state index < -0.39 is 0 Å². The topological polar surface area (TPSA) is 23.6 Å². The maximum Gasteiger partial charge on any atom is 0.330 e. The van der Waals surface area contributed by atoms with E-state index in [1.807, 2.05) is 34.1 Å². The zero-order valence-electron chi connectivity index (χ0n) is 17.8. The lowest BCUT2D eigenvalue weighted by Gasteiger charge is -2.34. The van der Waals surface area contributed by atoms with Gasteiger partial charge in [-0.25, -0.2) is 4.79 Å². The fourth-order valence-electron chi connectivity index (χ4n) is 5.24. The number of benzene rings is 4. The van der Waals surface area contributed by atoms with Gasteiger partial charge in [0, 0.05) is 11.4 Å². The number of carbonyl (C=O) groups excluding carboxylic acids is 1. The summed E-state index contributed by atoms with van der Waals surface area (Å²) in [5.74, 6) is 0. The molecular formula is C29H24N2O. The van der Waals surface area contributed by atoms with Crippen LogP contribution in [0.5, 0.6) is 0 Å². The van der Waals surface area contributed by atoms with Crippen LogP contribution in [0.3, 0.4) is 0 Å². The Morgan fingerprint density at radius 2 is 0.906 bits per heavy atom. The van der Waals surface area contributed by atoms with Gasteiger partial charge in [-0.1, -0.05) is 97.1 Å². The summed E-state index contributed by atoms with van der Waals surface area (Å²) in [5, 5.41) is 0. The lowest BCUT2D eigenvalue weighted by atomic mass is 10.0. The van der Waals surface area contributed by atoms with Crippen molar-refractivity contribution < 1.29 is 4.79 Å². The number of urea groups is 1. The van der Waals surface area contributed by atoms with Gasteiger partial charge in [0.2, 0.25) is 0 Å². The summed E-state index contributed by atoms with van der Waals surface area (Å²) in [7, 11) is 0. The second-order valence-corrected chi connectivity index (χ2v) is 8.54. The molecule has 4 aromatic rings. The zero-order valence-corrected chi connectivity index (χ0v) is 17.8. The molecule has 6 rings (SSSR count). The van der Waals surface area contributed by atoms with Crippen LogP contribution in [-0.2, 0) is 12.8 Å². The third-order valence-electron chi connectivity index (χ3n) is 6.73. The first-order valence-electron chi connectivity index (χ1n) is 11.2. The van der Waals surface area contributed by atoms with E-state index in [4.69, 9.17) is 0 Å². The SMILES string of the molecule is O=C(N1c2ccccc2C[C@@H]1c1ccccc1)N1c2ccccc2C[C@H]1c1ccccc1. The maximum atomic E-state index is 14.4. The second kappa shape index (κ2) is 7.69. The third-order valence-corrected chi connectivity index (χ3v) is 6.73. The molecule has 32 heavy (non-hydrogen) atoms. The molecule has 0 fully saturated rings. The van der Waals surface area contributed by atoms with Crippen LogP contribution in [0.1, 0.15) is 34.3 Å². The quantitative estimate of drug-likeness (QED) is 0.356. The number of carbonyl (C=O) groups is 1. The number of nitrogens with zero attached hydrogens (tertiary/aromatic N) is 2. The van der Waals surface area contributed by atoms with Gasteiger partial charge in [0.25, 0.3) is 0 Å². The van der Waals surface area contributed by atoms with Gasteiger partial charge in [-0.2, -0.15) is 0 Å². The standard InChI is InChI=1S/C29H24N2O/c32-29(30-25-17-9-7-15-23(25)19-27(30)21-11-3-1-4-12-21)31-26-18-10-8-16-24(26)20-28(31)22-13-5-2-6-14-22/h1-18,27-28H,19-20H2/t27-,28+. The van der Waals surface area contributed by atoms with Crippen LogP contribution in [0.15, 0.2) is 109 Å². The van der Waals surface area contributed by atoms with Crippen molar-refractivity contribution in [3.8, 4) is 0 Å². The van der Waals surface area contributed by atoms with Crippen LogP contribution >= 0.6 is 0 Å². The fourth-order valence-corrected chi connectivity index (χ4v) is 5.24. The smallest absolute Gasteiger partial charge is 0.286 e. The average molecular weight is 417 g/mol. The summed E-state index contributed by atoms with van der Waals surface area (Å²) in [6, 6.07) is 37.4. The molecule has 4 aromatic carbocycles. The molecule has 2 heterocycles. The predicted molar refractivity (Wildman–Crippen MR) is 129 cm³/mol. The summed E-state index contributed by atoms with van der Waals surface area (Å²) in [5.41, 5.74) is 6.81. The lowest BCUT2D eigenvalue weighted by molar-refractivity contribution is 0.248.